The standard InChI is InChI=1S/C10H18N2O/c1-10(7-11,8-13-2)12-9-5-3-4-6-9/h9,12H,3-6,8H2,1-2H3. The lowest BCUT2D eigenvalue weighted by Gasteiger charge is -2.26. The molecule has 74 valence electrons. The fraction of sp³-hybridized carbons (Fsp3) is 0.900. The minimum Gasteiger partial charge on any atom is -0.382 e. The van der Waals surface area contributed by atoms with E-state index < -0.39 is 5.54 Å². The zero-order valence-electron chi connectivity index (χ0n) is 8.47. The molecule has 0 aliphatic heterocycles. The Bertz CT molecular complexity index is 194. The number of hydrogen-bond acceptors (Lipinski definition) is 3. The van der Waals surface area contributed by atoms with Crippen LogP contribution in [0.4, 0.5) is 0 Å². The minimum atomic E-state index is -0.510. The fourth-order valence-corrected chi connectivity index (χ4v) is 1.92. The molecule has 1 aliphatic rings. The number of ether oxygens (including phenoxy) is 1. The molecule has 0 heterocycles. The van der Waals surface area contributed by atoms with E-state index in [2.05, 4.69) is 11.4 Å². The predicted octanol–water partition coefficient (Wildman–Crippen LogP) is 1.45. The summed E-state index contributed by atoms with van der Waals surface area (Å²) in [5.41, 5.74) is -0.510. The van der Waals surface area contributed by atoms with Gasteiger partial charge in [-0.3, -0.25) is 5.32 Å². The van der Waals surface area contributed by atoms with E-state index in [0.717, 1.165) is 0 Å². The van der Waals surface area contributed by atoms with Crippen molar-refractivity contribution in [3.8, 4) is 6.07 Å². The Balaban J connectivity index is 2.42. The van der Waals surface area contributed by atoms with Crippen LogP contribution in [0.1, 0.15) is 32.6 Å². The molecule has 1 unspecified atom stereocenters. The molecule has 0 aromatic heterocycles. The number of methoxy groups -OCH3 is 1. The topological polar surface area (TPSA) is 45.0 Å². The van der Waals surface area contributed by atoms with Crippen LogP contribution < -0.4 is 5.32 Å². The van der Waals surface area contributed by atoms with Crippen LogP contribution in [-0.2, 0) is 4.74 Å². The lowest BCUT2D eigenvalue weighted by molar-refractivity contribution is 0.139. The maximum absolute atomic E-state index is 8.98. The van der Waals surface area contributed by atoms with Crippen molar-refractivity contribution in [1.29, 1.82) is 5.26 Å². The molecule has 0 aromatic carbocycles. The molecule has 1 saturated carbocycles. The van der Waals surface area contributed by atoms with Gasteiger partial charge in [-0.05, 0) is 19.8 Å². The summed E-state index contributed by atoms with van der Waals surface area (Å²) in [6, 6.07) is 2.78. The van der Waals surface area contributed by atoms with E-state index in [-0.39, 0.29) is 0 Å². The van der Waals surface area contributed by atoms with Crippen LogP contribution in [0.2, 0.25) is 0 Å². The first kappa shape index (κ1) is 10.5. The molecule has 1 atom stereocenters. The van der Waals surface area contributed by atoms with Gasteiger partial charge in [0.1, 0.15) is 5.54 Å². The van der Waals surface area contributed by atoms with Crippen LogP contribution in [0.3, 0.4) is 0 Å². The van der Waals surface area contributed by atoms with Gasteiger partial charge in [0.15, 0.2) is 0 Å². The van der Waals surface area contributed by atoms with E-state index in [1.807, 2.05) is 6.92 Å². The van der Waals surface area contributed by atoms with Crippen LogP contribution >= 0.6 is 0 Å². The third-order valence-corrected chi connectivity index (χ3v) is 2.56. The summed E-state index contributed by atoms with van der Waals surface area (Å²) in [4.78, 5) is 0. The Morgan fingerprint density at radius 1 is 1.54 bits per heavy atom. The molecule has 13 heavy (non-hydrogen) atoms. The largest absolute Gasteiger partial charge is 0.382 e. The zero-order chi connectivity index (χ0) is 9.73. The highest BCUT2D eigenvalue weighted by atomic mass is 16.5. The summed E-state index contributed by atoms with van der Waals surface area (Å²) in [5, 5.41) is 12.3. The quantitative estimate of drug-likeness (QED) is 0.715. The molecule has 1 aliphatic carbocycles. The van der Waals surface area contributed by atoms with Gasteiger partial charge in [-0.25, -0.2) is 0 Å². The van der Waals surface area contributed by atoms with Crippen LogP contribution in [0.15, 0.2) is 0 Å². The first-order chi connectivity index (χ1) is 6.20. The highest BCUT2D eigenvalue weighted by Crippen LogP contribution is 2.20. The summed E-state index contributed by atoms with van der Waals surface area (Å²) >= 11 is 0. The van der Waals surface area contributed by atoms with E-state index in [0.29, 0.717) is 12.6 Å². The second-order valence-corrected chi connectivity index (χ2v) is 4.00. The van der Waals surface area contributed by atoms with Crippen LogP contribution in [0.25, 0.3) is 0 Å². The smallest absolute Gasteiger partial charge is 0.127 e. The Morgan fingerprint density at radius 3 is 2.62 bits per heavy atom. The Hall–Kier alpha value is -0.590. The highest BCUT2D eigenvalue weighted by molar-refractivity contribution is 5.05. The van der Waals surface area contributed by atoms with Crippen molar-refractivity contribution in [2.75, 3.05) is 13.7 Å². The van der Waals surface area contributed by atoms with Gasteiger partial charge in [0.05, 0.1) is 12.7 Å². The van der Waals surface area contributed by atoms with Gasteiger partial charge < -0.3 is 4.74 Å². The number of nitrogens with one attached hydrogen (secondary N) is 1. The molecule has 0 aromatic rings. The zero-order valence-corrected chi connectivity index (χ0v) is 8.47. The lowest BCUT2D eigenvalue weighted by Crippen LogP contribution is -2.49. The number of rotatable bonds is 4. The fourth-order valence-electron chi connectivity index (χ4n) is 1.92. The third-order valence-electron chi connectivity index (χ3n) is 2.56. The van der Waals surface area contributed by atoms with Crippen molar-refractivity contribution in [2.24, 2.45) is 0 Å². The number of nitrogens with zero attached hydrogens (tertiary/aromatic N) is 1. The number of nitriles is 1. The predicted molar refractivity (Wildman–Crippen MR) is 51.3 cm³/mol. The molecular formula is C10H18N2O. The van der Waals surface area contributed by atoms with Crippen molar-refractivity contribution in [2.45, 2.75) is 44.2 Å². The molecule has 0 amide bonds. The normalized spacial score (nSPS) is 22.5. The van der Waals surface area contributed by atoms with Gasteiger partial charge in [-0.2, -0.15) is 5.26 Å². The molecule has 0 bridgehead atoms. The summed E-state index contributed by atoms with van der Waals surface area (Å²) in [6.07, 6.45) is 4.96. The van der Waals surface area contributed by atoms with Crippen molar-refractivity contribution < 1.29 is 4.74 Å². The molecule has 0 saturated heterocycles. The van der Waals surface area contributed by atoms with Gasteiger partial charge in [-0.1, -0.05) is 12.8 Å². The Kier molecular flexibility index (Phi) is 3.71. The average Bonchev–Trinajstić information content (AvgIpc) is 2.57. The Labute approximate surface area is 80.1 Å². The first-order valence-electron chi connectivity index (χ1n) is 4.88. The van der Waals surface area contributed by atoms with E-state index in [1.165, 1.54) is 25.7 Å². The Morgan fingerprint density at radius 2 is 2.15 bits per heavy atom. The first-order valence-corrected chi connectivity index (χ1v) is 4.88. The van der Waals surface area contributed by atoms with Crippen molar-refractivity contribution >= 4 is 0 Å². The second kappa shape index (κ2) is 4.59. The van der Waals surface area contributed by atoms with Crippen LogP contribution in [0.5, 0.6) is 0 Å². The monoisotopic (exact) mass is 182 g/mol. The van der Waals surface area contributed by atoms with Crippen molar-refractivity contribution in [3.05, 3.63) is 0 Å². The van der Waals surface area contributed by atoms with Gasteiger partial charge in [0.25, 0.3) is 0 Å². The van der Waals surface area contributed by atoms with Gasteiger partial charge in [0, 0.05) is 13.2 Å². The summed E-state index contributed by atoms with van der Waals surface area (Å²) in [5.74, 6) is 0. The highest BCUT2D eigenvalue weighted by Gasteiger charge is 2.28. The lowest BCUT2D eigenvalue weighted by atomic mass is 10.0. The summed E-state index contributed by atoms with van der Waals surface area (Å²) in [6.45, 7) is 2.36. The molecular weight excluding hydrogens is 164 g/mol. The third kappa shape index (κ3) is 2.98. The van der Waals surface area contributed by atoms with Crippen molar-refractivity contribution in [1.82, 2.24) is 5.32 Å². The second-order valence-electron chi connectivity index (χ2n) is 4.00. The maximum atomic E-state index is 8.98. The molecule has 1 N–H and O–H groups in total. The SMILES string of the molecule is COCC(C)(C#N)NC1CCCC1. The van der Waals surface area contributed by atoms with Crippen LogP contribution in [-0.4, -0.2) is 25.3 Å². The minimum absolute atomic E-state index is 0.458. The van der Waals surface area contributed by atoms with Crippen LogP contribution in [0, 0.1) is 11.3 Å². The summed E-state index contributed by atoms with van der Waals surface area (Å²) in [7, 11) is 1.63. The maximum Gasteiger partial charge on any atom is 0.127 e. The van der Waals surface area contributed by atoms with E-state index in [9.17, 15) is 0 Å². The molecule has 3 heteroatoms. The average molecular weight is 182 g/mol. The van der Waals surface area contributed by atoms with Gasteiger partial charge in [-0.15, -0.1) is 0 Å². The van der Waals surface area contributed by atoms with Gasteiger partial charge in [0.2, 0.25) is 0 Å². The molecule has 0 radical (unpaired) electrons. The molecule has 3 nitrogen and oxygen atoms in total. The van der Waals surface area contributed by atoms with Gasteiger partial charge >= 0.3 is 0 Å². The molecule has 1 rings (SSSR count). The van der Waals surface area contributed by atoms with E-state index >= 15 is 0 Å². The molecule has 0 spiro atoms. The van der Waals surface area contributed by atoms with Crippen molar-refractivity contribution in [3.63, 3.8) is 0 Å². The van der Waals surface area contributed by atoms with E-state index in [1.54, 1.807) is 7.11 Å². The number of hydrogen-bond donors (Lipinski definition) is 1. The summed E-state index contributed by atoms with van der Waals surface area (Å²) < 4.78 is 5.02. The molecule has 1 fully saturated rings. The van der Waals surface area contributed by atoms with E-state index in [4.69, 9.17) is 10.00 Å².